The molecule has 1 aliphatic rings. The maximum atomic E-state index is 12.3. The zero-order chi connectivity index (χ0) is 12.4. The second-order valence-electron chi connectivity index (χ2n) is 4.32. The zero-order valence-corrected chi connectivity index (χ0v) is 9.77. The number of primary amides is 1. The third-order valence-corrected chi connectivity index (χ3v) is 3.15. The number of amides is 2. The van der Waals surface area contributed by atoms with Gasteiger partial charge in [0.2, 0.25) is 5.91 Å². The van der Waals surface area contributed by atoms with Gasteiger partial charge in [0.25, 0.3) is 5.91 Å². The highest BCUT2D eigenvalue weighted by Crippen LogP contribution is 2.20. The Balaban J connectivity index is 2.23. The first-order valence-electron chi connectivity index (χ1n) is 5.71. The summed E-state index contributed by atoms with van der Waals surface area (Å²) in [6, 6.07) is -0.481. The number of carbonyl (C=O) groups is 2. The van der Waals surface area contributed by atoms with Crippen molar-refractivity contribution in [1.82, 2.24) is 15.1 Å². The van der Waals surface area contributed by atoms with Gasteiger partial charge in [0.1, 0.15) is 6.04 Å². The first-order chi connectivity index (χ1) is 8.11. The second kappa shape index (κ2) is 4.57. The Labute approximate surface area is 99.2 Å². The minimum absolute atomic E-state index is 0.167. The molecule has 0 aliphatic carbocycles. The molecule has 92 valence electrons. The van der Waals surface area contributed by atoms with Crippen molar-refractivity contribution in [3.05, 3.63) is 17.5 Å². The van der Waals surface area contributed by atoms with Gasteiger partial charge in [-0.25, -0.2) is 0 Å². The second-order valence-corrected chi connectivity index (χ2v) is 4.32. The van der Waals surface area contributed by atoms with Crippen molar-refractivity contribution in [3.8, 4) is 0 Å². The predicted octanol–water partition coefficient (Wildman–Crippen LogP) is 0.198. The van der Waals surface area contributed by atoms with Crippen LogP contribution in [-0.4, -0.2) is 39.5 Å². The third-order valence-electron chi connectivity index (χ3n) is 3.15. The zero-order valence-electron chi connectivity index (χ0n) is 9.77. The average Bonchev–Trinajstić information content (AvgIpc) is 2.74. The first kappa shape index (κ1) is 11.6. The van der Waals surface area contributed by atoms with Crippen LogP contribution in [0.25, 0.3) is 0 Å². The number of rotatable bonds is 2. The summed E-state index contributed by atoms with van der Waals surface area (Å²) in [5.41, 5.74) is 6.55. The van der Waals surface area contributed by atoms with E-state index in [2.05, 4.69) is 10.2 Å². The van der Waals surface area contributed by atoms with E-state index in [4.69, 9.17) is 5.73 Å². The number of hydrogen-bond donors (Lipinski definition) is 2. The maximum Gasteiger partial charge on any atom is 0.257 e. The number of likely N-dealkylation sites (tertiary alicyclic amines) is 1. The molecule has 0 spiro atoms. The molecule has 2 amide bonds. The van der Waals surface area contributed by atoms with Crippen molar-refractivity contribution in [2.75, 3.05) is 6.54 Å². The van der Waals surface area contributed by atoms with Gasteiger partial charge in [0.05, 0.1) is 11.8 Å². The van der Waals surface area contributed by atoms with Gasteiger partial charge in [-0.05, 0) is 26.2 Å². The van der Waals surface area contributed by atoms with E-state index in [1.165, 1.54) is 6.20 Å². The topological polar surface area (TPSA) is 92.1 Å². The van der Waals surface area contributed by atoms with Gasteiger partial charge in [-0.15, -0.1) is 0 Å². The van der Waals surface area contributed by atoms with E-state index in [1.54, 1.807) is 11.8 Å². The number of nitrogens with one attached hydrogen (secondary N) is 1. The van der Waals surface area contributed by atoms with Crippen LogP contribution in [0.4, 0.5) is 0 Å². The van der Waals surface area contributed by atoms with E-state index in [9.17, 15) is 9.59 Å². The Morgan fingerprint density at radius 1 is 1.53 bits per heavy atom. The van der Waals surface area contributed by atoms with E-state index < -0.39 is 11.9 Å². The van der Waals surface area contributed by atoms with Gasteiger partial charge in [-0.1, -0.05) is 0 Å². The number of aromatic amines is 1. The fourth-order valence-corrected chi connectivity index (χ4v) is 2.19. The molecule has 1 aromatic heterocycles. The van der Waals surface area contributed by atoms with Crippen molar-refractivity contribution >= 4 is 11.8 Å². The van der Waals surface area contributed by atoms with Crippen molar-refractivity contribution < 1.29 is 9.59 Å². The monoisotopic (exact) mass is 236 g/mol. The summed E-state index contributed by atoms with van der Waals surface area (Å²) in [4.78, 5) is 25.1. The summed E-state index contributed by atoms with van der Waals surface area (Å²) in [7, 11) is 0. The molecule has 1 atom stereocenters. The minimum atomic E-state index is -0.481. The fourth-order valence-electron chi connectivity index (χ4n) is 2.19. The lowest BCUT2D eigenvalue weighted by Gasteiger charge is -2.33. The molecule has 6 nitrogen and oxygen atoms in total. The van der Waals surface area contributed by atoms with Crippen LogP contribution in [0.3, 0.4) is 0 Å². The van der Waals surface area contributed by atoms with E-state index in [1.807, 2.05) is 0 Å². The molecule has 1 aromatic rings. The number of carbonyl (C=O) groups excluding carboxylic acids is 2. The number of aromatic nitrogens is 2. The van der Waals surface area contributed by atoms with Gasteiger partial charge < -0.3 is 10.6 Å². The normalized spacial score (nSPS) is 20.3. The molecule has 1 aliphatic heterocycles. The summed E-state index contributed by atoms with van der Waals surface area (Å²) in [5.74, 6) is -0.598. The minimum Gasteiger partial charge on any atom is -0.368 e. The lowest BCUT2D eigenvalue weighted by atomic mass is 10.0. The number of piperidine rings is 1. The van der Waals surface area contributed by atoms with Crippen LogP contribution < -0.4 is 5.73 Å². The van der Waals surface area contributed by atoms with E-state index >= 15 is 0 Å². The fraction of sp³-hybridized carbons (Fsp3) is 0.545. The Bertz CT molecular complexity index is 440. The molecule has 0 saturated carbocycles. The first-order valence-corrected chi connectivity index (χ1v) is 5.71. The van der Waals surface area contributed by atoms with Gasteiger partial charge in [-0.2, -0.15) is 5.10 Å². The Morgan fingerprint density at radius 3 is 2.88 bits per heavy atom. The largest absolute Gasteiger partial charge is 0.368 e. The van der Waals surface area contributed by atoms with Gasteiger partial charge >= 0.3 is 0 Å². The SMILES string of the molecule is Cc1[nH]ncc1C(=O)N1CCCCC1C(N)=O. The molecule has 0 radical (unpaired) electrons. The Morgan fingerprint density at radius 2 is 2.29 bits per heavy atom. The summed E-state index contributed by atoms with van der Waals surface area (Å²) in [6.07, 6.45) is 3.98. The molecular formula is C11H16N4O2. The molecule has 2 heterocycles. The van der Waals surface area contributed by atoms with Crippen LogP contribution in [0, 0.1) is 6.92 Å². The molecule has 1 saturated heterocycles. The quantitative estimate of drug-likeness (QED) is 0.768. The third kappa shape index (κ3) is 2.15. The van der Waals surface area contributed by atoms with Gasteiger partial charge in [-0.3, -0.25) is 14.7 Å². The summed E-state index contributed by atoms with van der Waals surface area (Å²) in [5, 5.41) is 6.54. The van der Waals surface area contributed by atoms with Crippen LogP contribution in [0.15, 0.2) is 6.20 Å². The van der Waals surface area contributed by atoms with Crippen LogP contribution in [0.2, 0.25) is 0 Å². The molecule has 17 heavy (non-hydrogen) atoms. The average molecular weight is 236 g/mol. The number of nitrogens with two attached hydrogens (primary N) is 1. The highest BCUT2D eigenvalue weighted by Gasteiger charge is 2.32. The molecular weight excluding hydrogens is 220 g/mol. The number of H-pyrrole nitrogens is 1. The molecule has 1 unspecified atom stereocenters. The molecule has 1 fully saturated rings. The Kier molecular flexibility index (Phi) is 3.12. The number of nitrogens with zero attached hydrogens (tertiary/aromatic N) is 2. The van der Waals surface area contributed by atoms with Crippen molar-refractivity contribution in [2.45, 2.75) is 32.2 Å². The lowest BCUT2D eigenvalue weighted by Crippen LogP contribution is -2.50. The molecule has 2 rings (SSSR count). The summed E-state index contributed by atoms with van der Waals surface area (Å²) >= 11 is 0. The molecule has 6 heteroatoms. The smallest absolute Gasteiger partial charge is 0.257 e. The number of hydrogen-bond acceptors (Lipinski definition) is 3. The van der Waals surface area contributed by atoms with Crippen LogP contribution in [0.5, 0.6) is 0 Å². The summed E-state index contributed by atoms with van der Waals surface area (Å²) < 4.78 is 0. The lowest BCUT2D eigenvalue weighted by molar-refractivity contribution is -0.123. The summed E-state index contributed by atoms with van der Waals surface area (Å²) in [6.45, 7) is 2.36. The highest BCUT2D eigenvalue weighted by atomic mass is 16.2. The Hall–Kier alpha value is -1.85. The predicted molar refractivity (Wildman–Crippen MR) is 61.2 cm³/mol. The van der Waals surface area contributed by atoms with Crippen molar-refractivity contribution in [3.63, 3.8) is 0 Å². The van der Waals surface area contributed by atoms with Crippen LogP contribution in [0.1, 0.15) is 35.3 Å². The van der Waals surface area contributed by atoms with Gasteiger partial charge in [0.15, 0.2) is 0 Å². The maximum absolute atomic E-state index is 12.3. The number of aryl methyl sites for hydroxylation is 1. The van der Waals surface area contributed by atoms with Crippen LogP contribution in [-0.2, 0) is 4.79 Å². The highest BCUT2D eigenvalue weighted by molar-refractivity contribution is 5.98. The van der Waals surface area contributed by atoms with Gasteiger partial charge in [0, 0.05) is 12.2 Å². The molecule has 0 bridgehead atoms. The van der Waals surface area contributed by atoms with Crippen LogP contribution >= 0.6 is 0 Å². The molecule has 3 N–H and O–H groups in total. The van der Waals surface area contributed by atoms with E-state index in [0.29, 0.717) is 24.2 Å². The van der Waals surface area contributed by atoms with E-state index in [-0.39, 0.29) is 5.91 Å². The van der Waals surface area contributed by atoms with Crippen molar-refractivity contribution in [1.29, 1.82) is 0 Å². The molecule has 0 aromatic carbocycles. The van der Waals surface area contributed by atoms with E-state index in [0.717, 1.165) is 12.8 Å². The van der Waals surface area contributed by atoms with Crippen molar-refractivity contribution in [2.24, 2.45) is 5.73 Å². The standard InChI is InChI=1S/C11H16N4O2/c1-7-8(6-13-14-7)11(17)15-5-3-2-4-9(15)10(12)16/h6,9H,2-5H2,1H3,(H2,12,16)(H,13,14).